The van der Waals surface area contributed by atoms with Gasteiger partial charge in [0.15, 0.2) is 5.82 Å². The second kappa shape index (κ2) is 8.26. The largest absolute Gasteiger partial charge is 0.494 e. The van der Waals surface area contributed by atoms with Crippen molar-refractivity contribution < 1.29 is 18.3 Å². The van der Waals surface area contributed by atoms with E-state index in [0.717, 1.165) is 39.4 Å². The molecule has 4 atom stereocenters. The summed E-state index contributed by atoms with van der Waals surface area (Å²) >= 11 is 3.62. The van der Waals surface area contributed by atoms with Gasteiger partial charge >= 0.3 is 0 Å². The molecular formula is C28H28BrF2N5O2. The lowest BCUT2D eigenvalue weighted by Crippen LogP contribution is -2.41. The second-order valence-electron chi connectivity index (χ2n) is 11.0. The minimum absolute atomic E-state index is 0.0334. The standard InChI is InChI=1S/C28H28BrF2N5O2/c1-34-25-19(8-16(10-22(25)38-2)27(37)36-12-15-6-7-20(36)23(15)32)33-26(34)21-9-14-4-3-5-18(29)24(14)35(21)13-17-11-28(17,30)31/h3-5,8-10,15,17,20,23H,6-7,11-13,32H2,1-2H3/t15-,17?,20-,23-/m1/s1. The monoisotopic (exact) mass is 583 g/mol. The van der Waals surface area contributed by atoms with Crippen LogP contribution in [0.2, 0.25) is 0 Å². The third kappa shape index (κ3) is 3.45. The Hall–Kier alpha value is -2.98. The summed E-state index contributed by atoms with van der Waals surface area (Å²) in [6.45, 7) is 0.871. The van der Waals surface area contributed by atoms with Crippen LogP contribution < -0.4 is 10.5 Å². The normalized spacial score (nSPS) is 25.6. The maximum absolute atomic E-state index is 14.0. The van der Waals surface area contributed by atoms with Crippen molar-refractivity contribution in [2.24, 2.45) is 24.6 Å². The smallest absolute Gasteiger partial charge is 0.254 e. The quantitative estimate of drug-likeness (QED) is 0.351. The average Bonchev–Trinajstić information content (AvgIpc) is 3.31. The van der Waals surface area contributed by atoms with E-state index in [1.54, 1.807) is 19.2 Å². The van der Waals surface area contributed by atoms with Crippen molar-refractivity contribution in [1.29, 1.82) is 0 Å². The summed E-state index contributed by atoms with van der Waals surface area (Å²) in [5, 5.41) is 0.939. The fraction of sp³-hybridized carbons (Fsp3) is 0.429. The lowest BCUT2D eigenvalue weighted by Gasteiger charge is -2.27. The van der Waals surface area contributed by atoms with Crippen molar-refractivity contribution in [2.75, 3.05) is 13.7 Å². The van der Waals surface area contributed by atoms with Gasteiger partial charge in [0.05, 0.1) is 23.8 Å². The second-order valence-corrected chi connectivity index (χ2v) is 11.8. The topological polar surface area (TPSA) is 78.3 Å². The van der Waals surface area contributed by atoms with Crippen LogP contribution in [-0.4, -0.2) is 56.6 Å². The van der Waals surface area contributed by atoms with E-state index in [4.69, 9.17) is 15.5 Å². The number of aromatic nitrogens is 3. The first-order chi connectivity index (χ1) is 18.2. The van der Waals surface area contributed by atoms with Gasteiger partial charge in [0.1, 0.15) is 11.3 Å². The molecule has 2 saturated carbocycles. The Kier molecular flexibility index (Phi) is 5.23. The number of aryl methyl sites for hydroxylation is 1. The number of carbonyl (C=O) groups is 1. The Morgan fingerprint density at radius 2 is 2.03 bits per heavy atom. The van der Waals surface area contributed by atoms with Crippen LogP contribution in [0.15, 0.2) is 40.9 Å². The highest BCUT2D eigenvalue weighted by atomic mass is 79.9. The molecule has 1 unspecified atom stereocenters. The van der Waals surface area contributed by atoms with E-state index in [2.05, 4.69) is 15.9 Å². The molecule has 2 N–H and O–H groups in total. The molecule has 1 aliphatic heterocycles. The lowest BCUT2D eigenvalue weighted by atomic mass is 10.1. The van der Waals surface area contributed by atoms with Crippen molar-refractivity contribution >= 4 is 43.8 Å². The van der Waals surface area contributed by atoms with Gasteiger partial charge in [-0.3, -0.25) is 4.79 Å². The number of rotatable bonds is 5. The number of imidazole rings is 1. The van der Waals surface area contributed by atoms with Crippen LogP contribution in [0.1, 0.15) is 29.6 Å². The molecule has 2 aliphatic carbocycles. The molecule has 3 fully saturated rings. The molecule has 0 radical (unpaired) electrons. The van der Waals surface area contributed by atoms with Gasteiger partial charge in [-0.05, 0) is 59.0 Å². The predicted octanol–water partition coefficient (Wildman–Crippen LogP) is 5.18. The van der Waals surface area contributed by atoms with Crippen LogP contribution in [0.5, 0.6) is 5.75 Å². The molecule has 7 nitrogen and oxygen atoms in total. The number of fused-ring (bicyclic) bond motifs is 4. The van der Waals surface area contributed by atoms with E-state index in [0.29, 0.717) is 35.1 Å². The number of benzene rings is 2. The van der Waals surface area contributed by atoms with E-state index in [9.17, 15) is 13.6 Å². The molecule has 3 heterocycles. The molecule has 38 heavy (non-hydrogen) atoms. The summed E-state index contributed by atoms with van der Waals surface area (Å²) in [4.78, 5) is 20.4. The summed E-state index contributed by atoms with van der Waals surface area (Å²) < 4.78 is 38.4. The van der Waals surface area contributed by atoms with E-state index in [1.165, 1.54) is 0 Å². The minimum Gasteiger partial charge on any atom is -0.494 e. The first-order valence-electron chi connectivity index (χ1n) is 12.9. The molecule has 1 amide bonds. The van der Waals surface area contributed by atoms with Crippen LogP contribution >= 0.6 is 15.9 Å². The van der Waals surface area contributed by atoms with Gasteiger partial charge in [0.2, 0.25) is 0 Å². The van der Waals surface area contributed by atoms with Crippen molar-refractivity contribution in [3.05, 3.63) is 46.4 Å². The Bertz CT molecular complexity index is 1630. The first kappa shape index (κ1) is 24.1. The number of ether oxygens (including phenoxy) is 1. The maximum atomic E-state index is 14.0. The van der Waals surface area contributed by atoms with Gasteiger partial charge in [0, 0.05) is 60.0 Å². The number of likely N-dealkylation sites (tertiary alicyclic amines) is 1. The fourth-order valence-electron chi connectivity index (χ4n) is 6.61. The number of hydrogen-bond donors (Lipinski definition) is 1. The zero-order valence-electron chi connectivity index (χ0n) is 21.1. The Morgan fingerprint density at radius 3 is 2.68 bits per heavy atom. The Balaban J connectivity index is 1.35. The maximum Gasteiger partial charge on any atom is 0.254 e. The zero-order valence-corrected chi connectivity index (χ0v) is 22.7. The zero-order chi connectivity index (χ0) is 26.5. The van der Waals surface area contributed by atoms with Crippen LogP contribution in [0.4, 0.5) is 8.78 Å². The van der Waals surface area contributed by atoms with Gasteiger partial charge in [-0.25, -0.2) is 13.8 Å². The number of piperidine rings is 1. The van der Waals surface area contributed by atoms with Gasteiger partial charge in [-0.15, -0.1) is 0 Å². The first-order valence-corrected chi connectivity index (χ1v) is 13.7. The summed E-state index contributed by atoms with van der Waals surface area (Å²) in [7, 11) is 3.46. The lowest BCUT2D eigenvalue weighted by molar-refractivity contribution is 0.0700. The molecule has 2 aromatic heterocycles. The molecule has 4 aromatic rings. The van der Waals surface area contributed by atoms with Crippen LogP contribution in [0.25, 0.3) is 33.5 Å². The molecule has 7 rings (SSSR count). The van der Waals surface area contributed by atoms with Crippen molar-refractivity contribution in [3.8, 4) is 17.3 Å². The summed E-state index contributed by atoms with van der Waals surface area (Å²) in [5.41, 5.74) is 9.83. The average molecular weight is 584 g/mol. The van der Waals surface area contributed by atoms with Crippen LogP contribution in [0.3, 0.4) is 0 Å². The van der Waals surface area contributed by atoms with E-state index >= 15 is 0 Å². The SMILES string of the molecule is COc1cc(C(=O)N2C[C@H]3CC[C@@H]2[C@@H]3N)cc2nc(-c3cc4cccc(Br)c4n3CC3CC3(F)F)n(C)c12. The van der Waals surface area contributed by atoms with Gasteiger partial charge in [0.25, 0.3) is 11.8 Å². The predicted molar refractivity (Wildman–Crippen MR) is 144 cm³/mol. The van der Waals surface area contributed by atoms with Crippen molar-refractivity contribution in [1.82, 2.24) is 19.0 Å². The van der Waals surface area contributed by atoms with E-state index in [1.807, 2.05) is 45.3 Å². The molecule has 2 aromatic carbocycles. The molecule has 198 valence electrons. The van der Waals surface area contributed by atoms with E-state index < -0.39 is 11.8 Å². The highest BCUT2D eigenvalue weighted by Gasteiger charge is 2.57. The fourth-order valence-corrected chi connectivity index (χ4v) is 7.20. The number of nitrogens with zero attached hydrogens (tertiary/aromatic N) is 4. The highest BCUT2D eigenvalue weighted by molar-refractivity contribution is 9.10. The third-order valence-electron chi connectivity index (χ3n) is 8.77. The Morgan fingerprint density at radius 1 is 1.24 bits per heavy atom. The molecular weight excluding hydrogens is 556 g/mol. The molecule has 10 heteroatoms. The van der Waals surface area contributed by atoms with Crippen molar-refractivity contribution in [3.63, 3.8) is 0 Å². The third-order valence-corrected chi connectivity index (χ3v) is 9.41. The van der Waals surface area contributed by atoms with Crippen LogP contribution in [0, 0.1) is 11.8 Å². The van der Waals surface area contributed by atoms with Gasteiger partial charge < -0.3 is 24.5 Å². The summed E-state index contributed by atoms with van der Waals surface area (Å²) in [6, 6.07) is 11.5. The number of halogens is 3. The number of amides is 1. The van der Waals surface area contributed by atoms with E-state index in [-0.39, 0.29) is 31.0 Å². The number of para-hydroxylation sites is 1. The number of methoxy groups -OCH3 is 1. The van der Waals surface area contributed by atoms with Gasteiger partial charge in [-0.2, -0.15) is 0 Å². The Labute approximate surface area is 226 Å². The molecule has 1 saturated heterocycles. The van der Waals surface area contributed by atoms with Gasteiger partial charge in [-0.1, -0.05) is 12.1 Å². The molecule has 3 aliphatic rings. The van der Waals surface area contributed by atoms with Crippen LogP contribution in [-0.2, 0) is 13.6 Å². The number of alkyl halides is 2. The number of carbonyl (C=O) groups excluding carboxylic acids is 1. The molecule has 0 spiro atoms. The summed E-state index contributed by atoms with van der Waals surface area (Å²) in [6.07, 6.45) is 1.89. The number of nitrogens with two attached hydrogens (primary N) is 1. The number of hydrogen-bond acceptors (Lipinski definition) is 4. The molecule has 2 bridgehead atoms. The van der Waals surface area contributed by atoms with Crippen molar-refractivity contribution in [2.45, 2.75) is 43.8 Å². The minimum atomic E-state index is -2.64. The highest BCUT2D eigenvalue weighted by Crippen LogP contribution is 2.51. The summed E-state index contributed by atoms with van der Waals surface area (Å²) in [5.74, 6) is -1.89.